The normalized spacial score (nSPS) is 18.5. The molecule has 1 aliphatic rings. The van der Waals surface area contributed by atoms with Crippen molar-refractivity contribution >= 4 is 0 Å². The molecule has 1 atom stereocenters. The highest BCUT2D eigenvalue weighted by Crippen LogP contribution is 2.40. The van der Waals surface area contributed by atoms with Gasteiger partial charge in [0.2, 0.25) is 0 Å². The molecule has 2 rings (SSSR count). The average molecular weight is 229 g/mol. The summed E-state index contributed by atoms with van der Waals surface area (Å²) in [4.78, 5) is 0. The van der Waals surface area contributed by atoms with E-state index >= 15 is 0 Å². The van der Waals surface area contributed by atoms with Gasteiger partial charge >= 0.3 is 6.18 Å². The molecule has 4 heteroatoms. The van der Waals surface area contributed by atoms with Gasteiger partial charge in [0.25, 0.3) is 0 Å². The summed E-state index contributed by atoms with van der Waals surface area (Å²) in [5.74, 6) is 0.524. The maximum Gasteiger partial charge on any atom is 0.416 e. The van der Waals surface area contributed by atoms with Crippen LogP contribution in [0.25, 0.3) is 0 Å². The summed E-state index contributed by atoms with van der Waals surface area (Å²) < 4.78 is 38.1. The van der Waals surface area contributed by atoms with Crippen LogP contribution in [-0.2, 0) is 6.18 Å². The maximum absolute atomic E-state index is 12.7. The molecule has 0 saturated heterocycles. The van der Waals surface area contributed by atoms with Gasteiger partial charge in [0.05, 0.1) is 5.56 Å². The van der Waals surface area contributed by atoms with Crippen molar-refractivity contribution in [3.8, 4) is 0 Å². The Hall–Kier alpha value is -1.03. The third kappa shape index (κ3) is 2.55. The number of benzene rings is 1. The summed E-state index contributed by atoms with van der Waals surface area (Å²) in [6.45, 7) is 0. The number of halogens is 3. The molecule has 0 aliphatic heterocycles. The Morgan fingerprint density at radius 1 is 1.25 bits per heavy atom. The molecule has 88 valence electrons. The summed E-state index contributed by atoms with van der Waals surface area (Å²) >= 11 is 0. The van der Waals surface area contributed by atoms with Crippen LogP contribution in [0.3, 0.4) is 0 Å². The van der Waals surface area contributed by atoms with Crippen LogP contribution in [0.5, 0.6) is 0 Å². The lowest BCUT2D eigenvalue weighted by Crippen LogP contribution is -2.17. The Kier molecular flexibility index (Phi) is 2.93. The molecule has 0 amide bonds. The van der Waals surface area contributed by atoms with Crippen LogP contribution in [0.1, 0.15) is 36.4 Å². The minimum atomic E-state index is -4.31. The van der Waals surface area contributed by atoms with Crippen molar-refractivity contribution in [1.82, 2.24) is 0 Å². The summed E-state index contributed by atoms with van der Waals surface area (Å²) in [7, 11) is 0. The van der Waals surface area contributed by atoms with Crippen molar-refractivity contribution in [3.63, 3.8) is 0 Å². The predicted molar refractivity (Wildman–Crippen MR) is 55.7 cm³/mol. The molecule has 1 aliphatic carbocycles. The molecule has 1 aromatic carbocycles. The van der Waals surface area contributed by atoms with Gasteiger partial charge in [-0.3, -0.25) is 0 Å². The maximum atomic E-state index is 12.7. The van der Waals surface area contributed by atoms with Gasteiger partial charge < -0.3 is 5.73 Å². The van der Waals surface area contributed by atoms with Crippen molar-refractivity contribution in [2.75, 3.05) is 0 Å². The second-order valence-corrected chi connectivity index (χ2v) is 4.37. The van der Waals surface area contributed by atoms with Gasteiger partial charge in [-0.15, -0.1) is 0 Å². The molecule has 0 heterocycles. The molecule has 0 spiro atoms. The van der Waals surface area contributed by atoms with Gasteiger partial charge in [0, 0.05) is 6.04 Å². The van der Waals surface area contributed by atoms with Crippen molar-refractivity contribution < 1.29 is 13.2 Å². The zero-order valence-corrected chi connectivity index (χ0v) is 8.80. The van der Waals surface area contributed by atoms with Crippen LogP contribution in [-0.4, -0.2) is 0 Å². The monoisotopic (exact) mass is 229 g/mol. The molecule has 1 saturated carbocycles. The zero-order valence-electron chi connectivity index (χ0n) is 8.80. The Morgan fingerprint density at radius 2 is 1.88 bits per heavy atom. The van der Waals surface area contributed by atoms with E-state index in [0.717, 1.165) is 18.9 Å². The average Bonchev–Trinajstić information content (AvgIpc) is 3.00. The van der Waals surface area contributed by atoms with E-state index in [4.69, 9.17) is 5.73 Å². The van der Waals surface area contributed by atoms with Crippen LogP contribution in [0.15, 0.2) is 24.3 Å². The van der Waals surface area contributed by atoms with Crippen molar-refractivity contribution in [1.29, 1.82) is 0 Å². The van der Waals surface area contributed by atoms with E-state index in [0.29, 0.717) is 12.3 Å². The third-order valence-corrected chi connectivity index (χ3v) is 2.95. The Morgan fingerprint density at radius 3 is 2.44 bits per heavy atom. The Balaban J connectivity index is 2.24. The minimum Gasteiger partial charge on any atom is -0.324 e. The molecule has 2 N–H and O–H groups in total. The molecule has 1 unspecified atom stereocenters. The number of hydrogen-bond acceptors (Lipinski definition) is 1. The number of hydrogen-bond donors (Lipinski definition) is 1. The van der Waals surface area contributed by atoms with Gasteiger partial charge in [-0.25, -0.2) is 0 Å². The van der Waals surface area contributed by atoms with E-state index in [1.54, 1.807) is 6.07 Å². The first-order valence-electron chi connectivity index (χ1n) is 5.40. The fraction of sp³-hybridized carbons (Fsp3) is 0.500. The van der Waals surface area contributed by atoms with E-state index in [-0.39, 0.29) is 5.56 Å². The van der Waals surface area contributed by atoms with Gasteiger partial charge in [-0.05, 0) is 24.0 Å². The van der Waals surface area contributed by atoms with Crippen molar-refractivity contribution in [3.05, 3.63) is 35.4 Å². The quantitative estimate of drug-likeness (QED) is 0.843. The lowest BCUT2D eigenvalue weighted by atomic mass is 9.96. The third-order valence-electron chi connectivity index (χ3n) is 2.95. The summed E-state index contributed by atoms with van der Waals surface area (Å²) in [5, 5.41) is 0. The number of nitrogens with two attached hydrogens (primary N) is 1. The number of alkyl halides is 3. The molecule has 1 fully saturated rings. The largest absolute Gasteiger partial charge is 0.416 e. The molecule has 1 aromatic rings. The SMILES string of the molecule is NC(CC1CC1)c1ccccc1C(F)(F)F. The van der Waals surface area contributed by atoms with Crippen molar-refractivity contribution in [2.24, 2.45) is 11.7 Å². The predicted octanol–water partition coefficient (Wildman–Crippen LogP) is 3.51. The molecule has 0 aromatic heterocycles. The summed E-state index contributed by atoms with van der Waals surface area (Å²) in [6.07, 6.45) is -1.45. The van der Waals surface area contributed by atoms with Gasteiger partial charge in [0.1, 0.15) is 0 Å². The van der Waals surface area contributed by atoms with Crippen LogP contribution in [0.2, 0.25) is 0 Å². The lowest BCUT2D eigenvalue weighted by molar-refractivity contribution is -0.138. The van der Waals surface area contributed by atoms with E-state index in [9.17, 15) is 13.2 Å². The first-order chi connectivity index (χ1) is 7.48. The van der Waals surface area contributed by atoms with Crippen LogP contribution >= 0.6 is 0 Å². The minimum absolute atomic E-state index is 0.224. The standard InChI is InChI=1S/C12H14F3N/c13-12(14,15)10-4-2-1-3-9(10)11(16)7-8-5-6-8/h1-4,8,11H,5-7,16H2. The second kappa shape index (κ2) is 4.09. The highest BCUT2D eigenvalue weighted by atomic mass is 19.4. The van der Waals surface area contributed by atoms with E-state index in [1.807, 2.05) is 0 Å². The molecular formula is C12H14F3N. The first-order valence-corrected chi connectivity index (χ1v) is 5.40. The topological polar surface area (TPSA) is 26.0 Å². The van der Waals surface area contributed by atoms with Gasteiger partial charge in [-0.2, -0.15) is 13.2 Å². The highest BCUT2D eigenvalue weighted by Gasteiger charge is 2.35. The first kappa shape index (κ1) is 11.5. The van der Waals surface area contributed by atoms with E-state index < -0.39 is 17.8 Å². The lowest BCUT2D eigenvalue weighted by Gasteiger charge is -2.17. The fourth-order valence-electron chi connectivity index (χ4n) is 1.92. The molecule has 0 bridgehead atoms. The second-order valence-electron chi connectivity index (χ2n) is 4.37. The van der Waals surface area contributed by atoms with Crippen LogP contribution in [0, 0.1) is 5.92 Å². The molecule has 0 radical (unpaired) electrons. The molecule has 16 heavy (non-hydrogen) atoms. The fourth-order valence-corrected chi connectivity index (χ4v) is 1.92. The van der Waals surface area contributed by atoms with E-state index in [2.05, 4.69) is 0 Å². The van der Waals surface area contributed by atoms with Crippen LogP contribution in [0.4, 0.5) is 13.2 Å². The zero-order chi connectivity index (χ0) is 11.8. The molecular weight excluding hydrogens is 215 g/mol. The molecule has 1 nitrogen and oxygen atoms in total. The van der Waals surface area contributed by atoms with Crippen LogP contribution < -0.4 is 5.73 Å². The smallest absolute Gasteiger partial charge is 0.324 e. The van der Waals surface area contributed by atoms with E-state index in [1.165, 1.54) is 12.1 Å². The Labute approximate surface area is 92.5 Å². The van der Waals surface area contributed by atoms with Gasteiger partial charge in [-0.1, -0.05) is 31.0 Å². The van der Waals surface area contributed by atoms with Crippen molar-refractivity contribution in [2.45, 2.75) is 31.5 Å². The number of rotatable bonds is 3. The summed E-state index contributed by atoms with van der Waals surface area (Å²) in [6, 6.07) is 5.09. The highest BCUT2D eigenvalue weighted by molar-refractivity contribution is 5.32. The Bertz CT molecular complexity index is 369. The van der Waals surface area contributed by atoms with Gasteiger partial charge in [0.15, 0.2) is 0 Å². The summed E-state index contributed by atoms with van der Waals surface area (Å²) in [5.41, 5.74) is 5.46.